The lowest BCUT2D eigenvalue weighted by Crippen LogP contribution is -2.26. The molecule has 1 heterocycles. The normalized spacial score (nSPS) is 17.1. The van der Waals surface area contributed by atoms with Crippen molar-refractivity contribution in [1.82, 2.24) is 0 Å². The molecule has 0 aromatic heterocycles. The lowest BCUT2D eigenvalue weighted by atomic mass is 10.2. The Balaban J connectivity index is 2.50. The van der Waals surface area contributed by atoms with Crippen LogP contribution in [0.5, 0.6) is 11.5 Å². The minimum Gasteiger partial charge on any atom is -0.395 e. The molecule has 1 aliphatic heterocycles. The van der Waals surface area contributed by atoms with E-state index in [1.807, 2.05) is 0 Å². The molecule has 0 unspecified atom stereocenters. The van der Waals surface area contributed by atoms with E-state index in [0.29, 0.717) is 0 Å². The van der Waals surface area contributed by atoms with Crippen LogP contribution in [0.2, 0.25) is 5.02 Å². The predicted octanol–water partition coefficient (Wildman–Crippen LogP) is 2.15. The van der Waals surface area contributed by atoms with E-state index in [1.54, 1.807) is 0 Å². The Labute approximate surface area is 82.8 Å². The van der Waals surface area contributed by atoms with Crippen molar-refractivity contribution in [2.24, 2.45) is 0 Å². The minimum atomic E-state index is -3.68. The molecule has 0 amide bonds. The van der Waals surface area contributed by atoms with E-state index >= 15 is 0 Å². The number of fused-ring (bicyclic) bond motifs is 1. The van der Waals surface area contributed by atoms with Crippen molar-refractivity contribution in [2.75, 3.05) is 0 Å². The van der Waals surface area contributed by atoms with Crippen molar-refractivity contribution < 1.29 is 23.4 Å². The maximum absolute atomic E-state index is 12.6. The maximum Gasteiger partial charge on any atom is 0.586 e. The highest BCUT2D eigenvalue weighted by Gasteiger charge is 2.44. The summed E-state index contributed by atoms with van der Waals surface area (Å²) in [6.45, 7) is -0.442. The summed E-state index contributed by atoms with van der Waals surface area (Å²) in [4.78, 5) is 0. The zero-order valence-electron chi connectivity index (χ0n) is 6.76. The molecule has 0 fully saturated rings. The molecule has 2 rings (SSSR count). The maximum atomic E-state index is 12.6. The van der Waals surface area contributed by atoms with Crippen molar-refractivity contribution >= 4 is 11.6 Å². The van der Waals surface area contributed by atoms with E-state index in [2.05, 4.69) is 9.47 Å². The van der Waals surface area contributed by atoms with Gasteiger partial charge in [0.2, 0.25) is 0 Å². The Morgan fingerprint density at radius 1 is 1.36 bits per heavy atom. The first kappa shape index (κ1) is 9.48. The molecule has 0 spiro atoms. The van der Waals surface area contributed by atoms with Crippen LogP contribution < -0.4 is 9.47 Å². The average molecular weight is 223 g/mol. The van der Waals surface area contributed by atoms with Crippen molar-refractivity contribution in [3.8, 4) is 11.5 Å². The van der Waals surface area contributed by atoms with E-state index in [0.717, 1.165) is 0 Å². The lowest BCUT2D eigenvalue weighted by molar-refractivity contribution is -0.287. The summed E-state index contributed by atoms with van der Waals surface area (Å²) in [6.07, 6.45) is -3.68. The molecule has 3 nitrogen and oxygen atoms in total. The molecule has 1 aromatic carbocycles. The van der Waals surface area contributed by atoms with Crippen LogP contribution in [0.1, 0.15) is 5.56 Å². The van der Waals surface area contributed by atoms with Gasteiger partial charge < -0.3 is 14.6 Å². The van der Waals surface area contributed by atoms with Crippen LogP contribution in [-0.4, -0.2) is 11.4 Å². The number of rotatable bonds is 1. The molecule has 6 heteroatoms. The fourth-order valence-corrected chi connectivity index (χ4v) is 1.43. The standard InChI is InChI=1S/C8H5ClF2O3/c9-5-1-4(3-12)7-6(2-5)13-8(10,11)14-7/h1-2,12H,3H2. The van der Waals surface area contributed by atoms with E-state index < -0.39 is 12.9 Å². The minimum absolute atomic E-state index is 0.161. The van der Waals surface area contributed by atoms with Gasteiger partial charge in [-0.2, -0.15) is 0 Å². The zero-order chi connectivity index (χ0) is 10.3. The highest BCUT2D eigenvalue weighted by atomic mass is 35.5. The third-order valence-corrected chi connectivity index (χ3v) is 1.93. The summed E-state index contributed by atoms with van der Waals surface area (Å²) < 4.78 is 33.6. The van der Waals surface area contributed by atoms with Gasteiger partial charge in [-0.05, 0) is 6.07 Å². The fraction of sp³-hybridized carbons (Fsp3) is 0.250. The van der Waals surface area contributed by atoms with Crippen molar-refractivity contribution in [1.29, 1.82) is 0 Å². The highest BCUT2D eigenvalue weighted by molar-refractivity contribution is 6.30. The van der Waals surface area contributed by atoms with Gasteiger partial charge in [-0.15, -0.1) is 8.78 Å². The monoisotopic (exact) mass is 222 g/mol. The van der Waals surface area contributed by atoms with Gasteiger partial charge in [0.1, 0.15) is 0 Å². The average Bonchev–Trinajstić information content (AvgIpc) is 2.37. The number of ether oxygens (including phenoxy) is 2. The van der Waals surface area contributed by atoms with Crippen LogP contribution in [0.15, 0.2) is 12.1 Å². The van der Waals surface area contributed by atoms with E-state index in [9.17, 15) is 8.78 Å². The van der Waals surface area contributed by atoms with Gasteiger partial charge in [0.25, 0.3) is 0 Å². The van der Waals surface area contributed by atoms with Gasteiger partial charge in [0.15, 0.2) is 11.5 Å². The molecule has 1 aromatic rings. The lowest BCUT2D eigenvalue weighted by Gasteiger charge is -2.05. The van der Waals surface area contributed by atoms with E-state index in [1.165, 1.54) is 12.1 Å². The smallest absolute Gasteiger partial charge is 0.395 e. The molecular formula is C8H5ClF2O3. The zero-order valence-corrected chi connectivity index (χ0v) is 7.52. The number of aliphatic hydroxyl groups excluding tert-OH is 1. The molecule has 0 saturated heterocycles. The molecule has 1 aliphatic rings. The van der Waals surface area contributed by atoms with Crippen LogP contribution in [-0.2, 0) is 6.61 Å². The Hall–Kier alpha value is -1.07. The first-order valence-corrected chi connectivity index (χ1v) is 4.09. The summed E-state index contributed by atoms with van der Waals surface area (Å²) >= 11 is 5.61. The quantitative estimate of drug-likeness (QED) is 0.791. The molecule has 14 heavy (non-hydrogen) atoms. The first-order chi connectivity index (χ1) is 6.52. The van der Waals surface area contributed by atoms with Crippen LogP contribution in [0.4, 0.5) is 8.78 Å². The Morgan fingerprint density at radius 3 is 2.71 bits per heavy atom. The van der Waals surface area contributed by atoms with Gasteiger partial charge >= 0.3 is 6.29 Å². The van der Waals surface area contributed by atoms with Gasteiger partial charge in [-0.25, -0.2) is 0 Å². The Morgan fingerprint density at radius 2 is 2.07 bits per heavy atom. The predicted molar refractivity (Wildman–Crippen MR) is 43.6 cm³/mol. The van der Waals surface area contributed by atoms with Crippen LogP contribution in [0.25, 0.3) is 0 Å². The summed E-state index contributed by atoms with van der Waals surface area (Å²) in [7, 11) is 0. The Bertz CT molecular complexity index is 381. The van der Waals surface area contributed by atoms with Gasteiger partial charge in [0, 0.05) is 16.7 Å². The first-order valence-electron chi connectivity index (χ1n) is 3.71. The van der Waals surface area contributed by atoms with Gasteiger partial charge in [-0.3, -0.25) is 0 Å². The topological polar surface area (TPSA) is 38.7 Å². The second kappa shape index (κ2) is 2.96. The third kappa shape index (κ3) is 1.49. The van der Waals surface area contributed by atoms with Gasteiger partial charge in [0.05, 0.1) is 6.61 Å². The van der Waals surface area contributed by atoms with Crippen LogP contribution in [0, 0.1) is 0 Å². The third-order valence-electron chi connectivity index (χ3n) is 1.72. The molecule has 76 valence electrons. The number of benzene rings is 1. The van der Waals surface area contributed by atoms with Crippen LogP contribution >= 0.6 is 11.6 Å². The van der Waals surface area contributed by atoms with Crippen molar-refractivity contribution in [3.05, 3.63) is 22.7 Å². The molecule has 0 bridgehead atoms. The van der Waals surface area contributed by atoms with Crippen molar-refractivity contribution in [3.63, 3.8) is 0 Å². The Kier molecular flexibility index (Phi) is 2.01. The second-order valence-electron chi connectivity index (χ2n) is 2.72. The highest BCUT2D eigenvalue weighted by Crippen LogP contribution is 2.44. The molecule has 0 atom stereocenters. The number of halogens is 3. The fourth-order valence-electron chi connectivity index (χ4n) is 1.20. The number of hydrogen-bond donors (Lipinski definition) is 1. The number of alkyl halides is 2. The molecule has 0 aliphatic carbocycles. The van der Waals surface area contributed by atoms with E-state index in [-0.39, 0.29) is 22.1 Å². The van der Waals surface area contributed by atoms with Gasteiger partial charge in [-0.1, -0.05) is 11.6 Å². The SMILES string of the molecule is OCc1cc(Cl)cc2c1OC(F)(F)O2. The summed E-state index contributed by atoms with van der Waals surface area (Å²) in [6, 6.07) is 2.54. The van der Waals surface area contributed by atoms with Crippen LogP contribution in [0.3, 0.4) is 0 Å². The molecule has 0 radical (unpaired) electrons. The summed E-state index contributed by atoms with van der Waals surface area (Å²) in [5.41, 5.74) is 0.171. The van der Waals surface area contributed by atoms with E-state index in [4.69, 9.17) is 16.7 Å². The molecule has 1 N–H and O–H groups in total. The molecule has 0 saturated carbocycles. The number of aliphatic hydroxyl groups is 1. The summed E-state index contributed by atoms with van der Waals surface area (Å²) in [5.74, 6) is -0.326. The largest absolute Gasteiger partial charge is 0.586 e. The van der Waals surface area contributed by atoms with Crippen molar-refractivity contribution in [2.45, 2.75) is 12.9 Å². The summed E-state index contributed by atoms with van der Waals surface area (Å²) in [5, 5.41) is 9.06. The number of hydrogen-bond acceptors (Lipinski definition) is 3. The molecular weight excluding hydrogens is 218 g/mol. The second-order valence-corrected chi connectivity index (χ2v) is 3.15.